The lowest BCUT2D eigenvalue weighted by Crippen LogP contribution is -2.58. The van der Waals surface area contributed by atoms with E-state index in [1.54, 1.807) is 18.2 Å². The number of carbonyl (C=O) groups excluding carboxylic acids is 3. The zero-order valence-electron chi connectivity index (χ0n) is 15.5. The van der Waals surface area contributed by atoms with Crippen molar-refractivity contribution in [3.63, 3.8) is 0 Å². The lowest BCUT2D eigenvalue weighted by molar-refractivity contribution is -0.132. The second-order valence-electron chi connectivity index (χ2n) is 7.14. The summed E-state index contributed by atoms with van der Waals surface area (Å²) < 4.78 is 5.59. The molecule has 0 atom stereocenters. The van der Waals surface area contributed by atoms with Gasteiger partial charge in [0.2, 0.25) is 0 Å². The molecule has 1 heterocycles. The SMILES string of the molecule is CC(C)Oc1ccc(C=C2C(=O)NC(=O)N(C3CCCCC3)C2=O)cc1Cl. The molecule has 0 aromatic heterocycles. The predicted octanol–water partition coefficient (Wildman–Crippen LogP) is 3.92. The van der Waals surface area contributed by atoms with Crippen LogP contribution in [-0.2, 0) is 9.59 Å². The van der Waals surface area contributed by atoms with E-state index < -0.39 is 17.8 Å². The number of hydrogen-bond donors (Lipinski definition) is 1. The smallest absolute Gasteiger partial charge is 0.331 e. The van der Waals surface area contributed by atoms with Crippen molar-refractivity contribution in [3.05, 3.63) is 34.4 Å². The molecule has 2 fully saturated rings. The number of carbonyl (C=O) groups is 3. The summed E-state index contributed by atoms with van der Waals surface area (Å²) >= 11 is 6.23. The number of nitrogens with zero attached hydrogens (tertiary/aromatic N) is 1. The van der Waals surface area contributed by atoms with Crippen LogP contribution in [0, 0.1) is 0 Å². The maximum atomic E-state index is 12.9. The Labute approximate surface area is 163 Å². The van der Waals surface area contributed by atoms with Crippen LogP contribution >= 0.6 is 11.6 Å². The van der Waals surface area contributed by atoms with Crippen LogP contribution in [-0.4, -0.2) is 34.9 Å². The fraction of sp³-hybridized carbons (Fsp3) is 0.450. The second-order valence-corrected chi connectivity index (χ2v) is 7.55. The largest absolute Gasteiger partial charge is 0.489 e. The summed E-state index contributed by atoms with van der Waals surface area (Å²) in [6.07, 6.45) is 6.04. The first-order valence-electron chi connectivity index (χ1n) is 9.23. The third kappa shape index (κ3) is 4.33. The molecule has 0 unspecified atom stereocenters. The first-order valence-corrected chi connectivity index (χ1v) is 9.61. The van der Waals surface area contributed by atoms with Crippen LogP contribution in [0.3, 0.4) is 0 Å². The van der Waals surface area contributed by atoms with E-state index in [9.17, 15) is 14.4 Å². The van der Waals surface area contributed by atoms with Crippen molar-refractivity contribution >= 4 is 35.5 Å². The highest BCUT2D eigenvalue weighted by Crippen LogP contribution is 2.29. The van der Waals surface area contributed by atoms with Gasteiger partial charge in [0.25, 0.3) is 11.8 Å². The van der Waals surface area contributed by atoms with Crippen LogP contribution < -0.4 is 10.1 Å². The molecule has 1 N–H and O–H groups in total. The van der Waals surface area contributed by atoms with E-state index in [1.165, 1.54) is 11.0 Å². The number of rotatable bonds is 4. The van der Waals surface area contributed by atoms with Crippen molar-refractivity contribution in [3.8, 4) is 5.75 Å². The van der Waals surface area contributed by atoms with Gasteiger partial charge in [-0.3, -0.25) is 19.8 Å². The summed E-state index contributed by atoms with van der Waals surface area (Å²) in [6, 6.07) is 4.26. The Kier molecular flexibility index (Phi) is 5.85. The van der Waals surface area contributed by atoms with E-state index in [0.717, 1.165) is 32.1 Å². The average molecular weight is 391 g/mol. The molecule has 1 saturated heterocycles. The fourth-order valence-electron chi connectivity index (χ4n) is 3.47. The predicted molar refractivity (Wildman–Crippen MR) is 102 cm³/mol. The van der Waals surface area contributed by atoms with E-state index >= 15 is 0 Å². The molecular formula is C20H23ClN2O4. The Morgan fingerprint density at radius 3 is 2.52 bits per heavy atom. The first-order chi connectivity index (χ1) is 12.9. The van der Waals surface area contributed by atoms with E-state index in [-0.39, 0.29) is 17.7 Å². The van der Waals surface area contributed by atoms with Gasteiger partial charge in [-0.25, -0.2) is 4.79 Å². The van der Waals surface area contributed by atoms with Gasteiger partial charge in [-0.1, -0.05) is 36.9 Å². The summed E-state index contributed by atoms with van der Waals surface area (Å²) in [5.41, 5.74) is 0.529. The lowest BCUT2D eigenvalue weighted by Gasteiger charge is -2.35. The van der Waals surface area contributed by atoms with E-state index in [0.29, 0.717) is 16.3 Å². The topological polar surface area (TPSA) is 75.7 Å². The second kappa shape index (κ2) is 8.13. The Morgan fingerprint density at radius 1 is 1.19 bits per heavy atom. The van der Waals surface area contributed by atoms with Crippen LogP contribution in [0.5, 0.6) is 5.75 Å². The fourth-order valence-corrected chi connectivity index (χ4v) is 3.70. The zero-order valence-corrected chi connectivity index (χ0v) is 16.2. The van der Waals surface area contributed by atoms with Crippen molar-refractivity contribution in [1.29, 1.82) is 0 Å². The molecule has 0 bridgehead atoms. The van der Waals surface area contributed by atoms with Gasteiger partial charge in [-0.05, 0) is 50.5 Å². The zero-order chi connectivity index (χ0) is 19.6. The Balaban J connectivity index is 1.87. The molecule has 3 rings (SSSR count). The number of hydrogen-bond acceptors (Lipinski definition) is 4. The molecule has 0 radical (unpaired) electrons. The summed E-state index contributed by atoms with van der Waals surface area (Å²) in [5, 5.41) is 2.67. The van der Waals surface area contributed by atoms with Crippen molar-refractivity contribution in [2.24, 2.45) is 0 Å². The number of benzene rings is 1. The minimum absolute atomic E-state index is 0.0209. The molecule has 1 aromatic carbocycles. The summed E-state index contributed by atoms with van der Waals surface area (Å²) in [5.74, 6) is -0.697. The molecule has 0 spiro atoms. The number of halogens is 1. The Morgan fingerprint density at radius 2 is 1.89 bits per heavy atom. The van der Waals surface area contributed by atoms with Crippen LogP contribution in [0.2, 0.25) is 5.02 Å². The highest BCUT2D eigenvalue weighted by molar-refractivity contribution is 6.33. The molecule has 1 aromatic rings. The lowest BCUT2D eigenvalue weighted by atomic mass is 9.93. The molecular weight excluding hydrogens is 368 g/mol. The van der Waals surface area contributed by atoms with Gasteiger partial charge in [-0.15, -0.1) is 0 Å². The van der Waals surface area contributed by atoms with Crippen LogP contribution in [0.4, 0.5) is 4.79 Å². The molecule has 144 valence electrons. The van der Waals surface area contributed by atoms with Crippen molar-refractivity contribution in [1.82, 2.24) is 10.2 Å². The standard InChI is InChI=1S/C20H23ClN2O4/c1-12(2)27-17-9-8-13(11-16(17)21)10-15-18(24)22-20(26)23(19(15)25)14-6-4-3-5-7-14/h8-12,14H,3-7H2,1-2H3,(H,22,24,26). The molecule has 1 aliphatic carbocycles. The summed E-state index contributed by atoms with van der Waals surface area (Å²) in [6.45, 7) is 3.79. The minimum Gasteiger partial charge on any atom is -0.489 e. The summed E-state index contributed by atoms with van der Waals surface area (Å²) in [7, 11) is 0. The molecule has 27 heavy (non-hydrogen) atoms. The van der Waals surface area contributed by atoms with Crippen molar-refractivity contribution < 1.29 is 19.1 Å². The van der Waals surface area contributed by atoms with Gasteiger partial charge in [0.15, 0.2) is 0 Å². The van der Waals surface area contributed by atoms with Crippen LogP contribution in [0.25, 0.3) is 6.08 Å². The van der Waals surface area contributed by atoms with Crippen molar-refractivity contribution in [2.75, 3.05) is 0 Å². The highest BCUT2D eigenvalue weighted by Gasteiger charge is 2.40. The monoisotopic (exact) mass is 390 g/mol. The molecule has 1 aliphatic heterocycles. The van der Waals surface area contributed by atoms with Gasteiger partial charge in [-0.2, -0.15) is 0 Å². The quantitative estimate of drug-likeness (QED) is 0.624. The Bertz CT molecular complexity index is 797. The van der Waals surface area contributed by atoms with Gasteiger partial charge in [0.1, 0.15) is 11.3 Å². The molecule has 7 heteroatoms. The number of barbiturate groups is 1. The van der Waals surface area contributed by atoms with E-state index in [2.05, 4.69) is 5.32 Å². The number of nitrogens with one attached hydrogen (secondary N) is 1. The van der Waals surface area contributed by atoms with Gasteiger partial charge in [0.05, 0.1) is 11.1 Å². The van der Waals surface area contributed by atoms with Crippen LogP contribution in [0.15, 0.2) is 23.8 Å². The Hall–Kier alpha value is -2.34. The third-order valence-electron chi connectivity index (χ3n) is 4.70. The third-order valence-corrected chi connectivity index (χ3v) is 5.00. The van der Waals surface area contributed by atoms with E-state index in [4.69, 9.17) is 16.3 Å². The van der Waals surface area contributed by atoms with Crippen molar-refractivity contribution in [2.45, 2.75) is 58.1 Å². The van der Waals surface area contributed by atoms with Gasteiger partial charge in [0, 0.05) is 6.04 Å². The number of urea groups is 1. The van der Waals surface area contributed by atoms with Gasteiger partial charge >= 0.3 is 6.03 Å². The number of amides is 4. The molecule has 6 nitrogen and oxygen atoms in total. The normalized spacial score (nSPS) is 20.4. The number of imide groups is 2. The minimum atomic E-state index is -0.685. The highest BCUT2D eigenvalue weighted by atomic mass is 35.5. The molecule has 2 aliphatic rings. The van der Waals surface area contributed by atoms with Gasteiger partial charge < -0.3 is 4.74 Å². The molecule has 1 saturated carbocycles. The number of ether oxygens (including phenoxy) is 1. The molecule has 4 amide bonds. The maximum Gasteiger partial charge on any atom is 0.331 e. The average Bonchev–Trinajstić information content (AvgIpc) is 2.61. The summed E-state index contributed by atoms with van der Waals surface area (Å²) in [4.78, 5) is 38.5. The van der Waals surface area contributed by atoms with E-state index in [1.807, 2.05) is 13.8 Å². The maximum absolute atomic E-state index is 12.9. The van der Waals surface area contributed by atoms with Crippen LogP contribution in [0.1, 0.15) is 51.5 Å². The first kappa shape index (κ1) is 19.4.